The Kier molecular flexibility index (Phi) is 5.28. The first kappa shape index (κ1) is 18.4. The lowest BCUT2D eigenvalue weighted by Gasteiger charge is -2.43. The minimum absolute atomic E-state index is 0.0528. The van der Waals surface area contributed by atoms with Crippen molar-refractivity contribution >= 4 is 11.6 Å². The highest BCUT2D eigenvalue weighted by atomic mass is 16.1. The molecule has 0 aliphatic carbocycles. The molecule has 2 aromatic rings. The van der Waals surface area contributed by atoms with Gasteiger partial charge in [-0.2, -0.15) is 0 Å². The molecule has 26 heavy (non-hydrogen) atoms. The molecule has 0 radical (unpaired) electrons. The number of hydrogen-bond acceptors (Lipinski definition) is 4. The molecule has 0 bridgehead atoms. The van der Waals surface area contributed by atoms with Crippen molar-refractivity contribution in [3.8, 4) is 0 Å². The van der Waals surface area contributed by atoms with Crippen LogP contribution in [0.4, 0.5) is 5.69 Å². The summed E-state index contributed by atoms with van der Waals surface area (Å²) in [6.45, 7) is 11.5. The molecule has 1 atom stereocenters. The maximum atomic E-state index is 11.5. The number of nitrogens with two attached hydrogens (primary N) is 1. The van der Waals surface area contributed by atoms with Crippen molar-refractivity contribution in [2.24, 2.45) is 5.73 Å². The lowest BCUT2D eigenvalue weighted by Crippen LogP contribution is -2.51. The van der Waals surface area contributed by atoms with Gasteiger partial charge in [-0.3, -0.25) is 14.7 Å². The largest absolute Gasteiger partial charge is 0.369 e. The van der Waals surface area contributed by atoms with Gasteiger partial charge in [0.15, 0.2) is 0 Å². The average molecular weight is 352 g/mol. The number of piperazine rings is 1. The van der Waals surface area contributed by atoms with E-state index in [1.165, 1.54) is 27.9 Å². The molecule has 1 saturated heterocycles. The van der Waals surface area contributed by atoms with E-state index in [0.717, 1.165) is 25.3 Å². The number of nitrogens with zero attached hydrogens (tertiary/aromatic N) is 3. The Morgan fingerprint density at radius 1 is 1.15 bits per heavy atom. The monoisotopic (exact) mass is 352 g/mol. The molecule has 1 aromatic carbocycles. The van der Waals surface area contributed by atoms with Gasteiger partial charge in [-0.25, -0.2) is 0 Å². The second-order valence-electron chi connectivity index (χ2n) is 7.26. The zero-order valence-electron chi connectivity index (χ0n) is 16.1. The standard InChI is InChI=1S/C21H28N4O/c1-14-11-15(2)17(4)21(16(14)3)25-10-9-24(13-20(22)26)19(12-25)18-7-5-6-8-23-18/h5-8,11,19H,9-10,12-13H2,1-4H3,(H2,22,26)/t19-/m0/s1. The number of anilines is 1. The van der Waals surface area contributed by atoms with Crippen molar-refractivity contribution in [1.82, 2.24) is 9.88 Å². The van der Waals surface area contributed by atoms with E-state index < -0.39 is 0 Å². The van der Waals surface area contributed by atoms with Crippen molar-refractivity contribution in [3.63, 3.8) is 0 Å². The summed E-state index contributed by atoms with van der Waals surface area (Å²) < 4.78 is 0. The third-order valence-corrected chi connectivity index (χ3v) is 5.52. The second-order valence-corrected chi connectivity index (χ2v) is 7.26. The highest BCUT2D eigenvalue weighted by molar-refractivity contribution is 5.76. The van der Waals surface area contributed by atoms with E-state index in [2.05, 4.69) is 48.5 Å². The minimum atomic E-state index is -0.293. The zero-order valence-corrected chi connectivity index (χ0v) is 16.1. The number of carbonyl (C=O) groups excluding carboxylic acids is 1. The summed E-state index contributed by atoms with van der Waals surface area (Å²) >= 11 is 0. The highest BCUT2D eigenvalue weighted by Crippen LogP contribution is 2.34. The number of hydrogen-bond donors (Lipinski definition) is 1. The lowest BCUT2D eigenvalue weighted by molar-refractivity contribution is -0.119. The summed E-state index contributed by atoms with van der Waals surface area (Å²) in [4.78, 5) is 20.7. The van der Waals surface area contributed by atoms with Crippen molar-refractivity contribution in [1.29, 1.82) is 0 Å². The van der Waals surface area contributed by atoms with Crippen molar-refractivity contribution in [2.75, 3.05) is 31.1 Å². The van der Waals surface area contributed by atoms with Crippen LogP contribution in [0.2, 0.25) is 0 Å². The van der Waals surface area contributed by atoms with Gasteiger partial charge in [0.05, 0.1) is 18.3 Å². The predicted molar refractivity (Wildman–Crippen MR) is 105 cm³/mol. The maximum absolute atomic E-state index is 11.5. The smallest absolute Gasteiger partial charge is 0.231 e. The van der Waals surface area contributed by atoms with E-state index in [9.17, 15) is 4.79 Å². The first-order valence-corrected chi connectivity index (χ1v) is 9.14. The Hall–Kier alpha value is -2.40. The zero-order chi connectivity index (χ0) is 18.8. The van der Waals surface area contributed by atoms with Crippen LogP contribution in [0.3, 0.4) is 0 Å². The van der Waals surface area contributed by atoms with Crippen LogP contribution in [-0.4, -0.2) is 42.0 Å². The molecule has 1 amide bonds. The molecule has 5 nitrogen and oxygen atoms in total. The van der Waals surface area contributed by atoms with Gasteiger partial charge in [-0.05, 0) is 62.1 Å². The molecule has 2 heterocycles. The average Bonchev–Trinajstić information content (AvgIpc) is 2.61. The number of primary amides is 1. The van der Waals surface area contributed by atoms with E-state index >= 15 is 0 Å². The molecule has 1 aromatic heterocycles. The van der Waals surface area contributed by atoms with E-state index in [4.69, 9.17) is 5.73 Å². The molecule has 1 fully saturated rings. The van der Waals surface area contributed by atoms with Crippen LogP contribution in [0.1, 0.15) is 34.0 Å². The number of carbonyl (C=O) groups is 1. The van der Waals surface area contributed by atoms with Crippen LogP contribution in [0.5, 0.6) is 0 Å². The van der Waals surface area contributed by atoms with Gasteiger partial charge in [-0.15, -0.1) is 0 Å². The van der Waals surface area contributed by atoms with Crippen molar-refractivity contribution in [2.45, 2.75) is 33.7 Å². The highest BCUT2D eigenvalue weighted by Gasteiger charge is 2.31. The topological polar surface area (TPSA) is 62.5 Å². The quantitative estimate of drug-likeness (QED) is 0.919. The molecule has 0 unspecified atom stereocenters. The Balaban J connectivity index is 1.97. The van der Waals surface area contributed by atoms with Crippen molar-refractivity contribution < 1.29 is 4.79 Å². The molecular formula is C21H28N4O. The Morgan fingerprint density at radius 2 is 1.85 bits per heavy atom. The SMILES string of the molecule is Cc1cc(C)c(C)c(N2CCN(CC(N)=O)[C@H](c3ccccn3)C2)c1C. The first-order chi connectivity index (χ1) is 12.4. The van der Waals surface area contributed by atoms with Gasteiger partial charge in [0.2, 0.25) is 5.91 Å². The summed E-state index contributed by atoms with van der Waals surface area (Å²) in [6, 6.07) is 8.26. The van der Waals surface area contributed by atoms with Gasteiger partial charge in [-0.1, -0.05) is 12.1 Å². The molecular weight excluding hydrogens is 324 g/mol. The van der Waals surface area contributed by atoms with Crippen LogP contribution in [0, 0.1) is 27.7 Å². The fourth-order valence-corrected chi connectivity index (χ4v) is 3.94. The second kappa shape index (κ2) is 7.46. The molecule has 0 spiro atoms. The summed E-state index contributed by atoms with van der Waals surface area (Å²) in [5.74, 6) is -0.293. The van der Waals surface area contributed by atoms with Gasteiger partial charge in [0, 0.05) is 31.5 Å². The fourth-order valence-electron chi connectivity index (χ4n) is 3.94. The molecule has 2 N–H and O–H groups in total. The van der Waals surface area contributed by atoms with E-state index in [1.807, 2.05) is 24.4 Å². The number of aryl methyl sites for hydroxylation is 2. The Labute approximate surface area is 155 Å². The van der Waals surface area contributed by atoms with Gasteiger partial charge >= 0.3 is 0 Å². The summed E-state index contributed by atoms with van der Waals surface area (Å²) in [5, 5.41) is 0. The number of rotatable bonds is 4. The molecule has 138 valence electrons. The number of pyridine rings is 1. The number of amides is 1. The van der Waals surface area contributed by atoms with E-state index in [-0.39, 0.29) is 18.5 Å². The third-order valence-electron chi connectivity index (χ3n) is 5.52. The molecule has 0 saturated carbocycles. The number of aromatic nitrogens is 1. The predicted octanol–water partition coefficient (Wildman–Crippen LogP) is 2.66. The summed E-state index contributed by atoms with van der Waals surface area (Å²) in [5.41, 5.74) is 13.1. The van der Waals surface area contributed by atoms with Crippen LogP contribution in [0.25, 0.3) is 0 Å². The van der Waals surface area contributed by atoms with Gasteiger partial charge in [0.1, 0.15) is 0 Å². The minimum Gasteiger partial charge on any atom is -0.369 e. The number of benzene rings is 1. The summed E-state index contributed by atoms with van der Waals surface area (Å²) in [7, 11) is 0. The first-order valence-electron chi connectivity index (χ1n) is 9.14. The van der Waals surface area contributed by atoms with Crippen LogP contribution in [0.15, 0.2) is 30.5 Å². The molecule has 5 heteroatoms. The van der Waals surface area contributed by atoms with Gasteiger partial charge in [0.25, 0.3) is 0 Å². The third kappa shape index (κ3) is 3.58. The van der Waals surface area contributed by atoms with Crippen LogP contribution >= 0.6 is 0 Å². The Bertz CT molecular complexity index is 777. The normalized spacial score (nSPS) is 18.2. The lowest BCUT2D eigenvalue weighted by atomic mass is 9.96. The molecule has 3 rings (SSSR count). The van der Waals surface area contributed by atoms with E-state index in [0.29, 0.717) is 0 Å². The summed E-state index contributed by atoms with van der Waals surface area (Å²) in [6.07, 6.45) is 1.81. The van der Waals surface area contributed by atoms with Gasteiger partial charge < -0.3 is 10.6 Å². The van der Waals surface area contributed by atoms with Crippen LogP contribution < -0.4 is 10.6 Å². The molecule has 1 aliphatic rings. The fraction of sp³-hybridized carbons (Fsp3) is 0.429. The van der Waals surface area contributed by atoms with Crippen molar-refractivity contribution in [3.05, 3.63) is 58.4 Å². The maximum Gasteiger partial charge on any atom is 0.231 e. The van der Waals surface area contributed by atoms with Crippen LogP contribution in [-0.2, 0) is 4.79 Å². The Morgan fingerprint density at radius 3 is 2.42 bits per heavy atom. The van der Waals surface area contributed by atoms with E-state index in [1.54, 1.807) is 0 Å². The molecule has 1 aliphatic heterocycles.